The molecule has 2 N–H and O–H groups in total. The van der Waals surface area contributed by atoms with Crippen LogP contribution in [0.3, 0.4) is 0 Å². The number of nitrogens with zero attached hydrogens (tertiary/aromatic N) is 2. The molecule has 0 aliphatic carbocycles. The highest BCUT2D eigenvalue weighted by molar-refractivity contribution is 14.0. The zero-order valence-corrected chi connectivity index (χ0v) is 18.3. The molecule has 1 aromatic rings. The summed E-state index contributed by atoms with van der Waals surface area (Å²) in [5.41, 5.74) is 0.680. The number of rotatable bonds is 7. The first-order valence-electron chi connectivity index (χ1n) is 8.65. The molecule has 1 aromatic carbocycles. The molecule has 1 aliphatic heterocycles. The van der Waals surface area contributed by atoms with Crippen LogP contribution < -0.4 is 15.4 Å². The zero-order valence-electron chi connectivity index (χ0n) is 16.0. The van der Waals surface area contributed by atoms with Crippen LogP contribution in [0.1, 0.15) is 18.4 Å². The Labute approximate surface area is 176 Å². The minimum atomic E-state index is -0.376. The summed E-state index contributed by atoms with van der Waals surface area (Å²) in [5.74, 6) is 0.488. The van der Waals surface area contributed by atoms with E-state index in [2.05, 4.69) is 15.6 Å². The van der Waals surface area contributed by atoms with Gasteiger partial charge in [-0.25, -0.2) is 9.38 Å². The van der Waals surface area contributed by atoms with Crippen molar-refractivity contribution in [2.24, 2.45) is 4.99 Å². The van der Waals surface area contributed by atoms with E-state index in [0.717, 1.165) is 19.4 Å². The van der Waals surface area contributed by atoms with Gasteiger partial charge in [-0.3, -0.25) is 4.79 Å². The van der Waals surface area contributed by atoms with Crippen LogP contribution in [-0.4, -0.2) is 63.8 Å². The van der Waals surface area contributed by atoms with Crippen LogP contribution >= 0.6 is 24.0 Å². The van der Waals surface area contributed by atoms with Crippen LogP contribution in [0.2, 0.25) is 0 Å². The van der Waals surface area contributed by atoms with Gasteiger partial charge in [-0.05, 0) is 30.5 Å². The minimum Gasteiger partial charge on any atom is -0.497 e. The molecular formula is C18H28FIN4O3. The van der Waals surface area contributed by atoms with Crippen molar-refractivity contribution in [2.45, 2.75) is 25.5 Å². The number of carbonyl (C=O) groups excluding carboxylic acids is 1. The van der Waals surface area contributed by atoms with Gasteiger partial charge in [-0.1, -0.05) is 0 Å². The second-order valence-corrected chi connectivity index (χ2v) is 6.32. The van der Waals surface area contributed by atoms with Crippen molar-refractivity contribution in [3.05, 3.63) is 29.6 Å². The van der Waals surface area contributed by atoms with Gasteiger partial charge in [-0.15, -0.1) is 24.0 Å². The Bertz CT molecular complexity index is 637. The molecule has 27 heavy (non-hydrogen) atoms. The maximum atomic E-state index is 13.6. The number of amides is 1. The smallest absolute Gasteiger partial charge is 0.241 e. The lowest BCUT2D eigenvalue weighted by atomic mass is 10.2. The number of benzene rings is 1. The first-order valence-corrected chi connectivity index (χ1v) is 8.65. The number of ether oxygens (including phenoxy) is 2. The molecule has 152 valence electrons. The van der Waals surface area contributed by atoms with E-state index in [1.807, 2.05) is 0 Å². The van der Waals surface area contributed by atoms with Gasteiger partial charge in [0.2, 0.25) is 5.91 Å². The van der Waals surface area contributed by atoms with E-state index in [4.69, 9.17) is 9.47 Å². The predicted molar refractivity (Wildman–Crippen MR) is 113 cm³/mol. The monoisotopic (exact) mass is 494 g/mol. The fraction of sp³-hybridized carbons (Fsp3) is 0.556. The molecule has 2 rings (SSSR count). The Kier molecular flexibility index (Phi) is 10.4. The van der Waals surface area contributed by atoms with E-state index in [-0.39, 0.29) is 54.9 Å². The molecule has 1 amide bonds. The lowest BCUT2D eigenvalue weighted by molar-refractivity contribution is -0.127. The standard InChI is InChI=1S/C18H27FN4O3.HI/c1-23(2)17(24)12-22-18(21-11-15-5-4-6-26-15)20-10-13-7-14(19)9-16(8-13)25-3;/h7-9,15H,4-6,10-12H2,1-3H3,(H2,20,21,22);1H. The van der Waals surface area contributed by atoms with Gasteiger partial charge in [0, 0.05) is 33.3 Å². The molecule has 7 nitrogen and oxygen atoms in total. The molecule has 1 atom stereocenters. The van der Waals surface area contributed by atoms with Crippen molar-refractivity contribution in [1.82, 2.24) is 15.5 Å². The second-order valence-electron chi connectivity index (χ2n) is 6.32. The number of methoxy groups -OCH3 is 1. The number of nitrogens with one attached hydrogen (secondary N) is 2. The van der Waals surface area contributed by atoms with Crippen LogP contribution in [-0.2, 0) is 16.1 Å². The van der Waals surface area contributed by atoms with Crippen LogP contribution in [0.5, 0.6) is 5.75 Å². The first-order chi connectivity index (χ1) is 12.5. The SMILES string of the molecule is COc1cc(F)cc(CN=C(NCC(=O)N(C)C)NCC2CCCO2)c1.I. The van der Waals surface area contributed by atoms with Crippen molar-refractivity contribution in [2.75, 3.05) is 40.9 Å². The molecule has 1 fully saturated rings. The van der Waals surface area contributed by atoms with Crippen LogP contribution in [0.4, 0.5) is 4.39 Å². The largest absolute Gasteiger partial charge is 0.497 e. The molecule has 0 radical (unpaired) electrons. The molecule has 1 aliphatic rings. The fourth-order valence-corrected chi connectivity index (χ4v) is 2.51. The van der Waals surface area contributed by atoms with Crippen LogP contribution in [0, 0.1) is 5.82 Å². The van der Waals surface area contributed by atoms with Gasteiger partial charge in [0.1, 0.15) is 11.6 Å². The molecule has 0 spiro atoms. The number of hydrogen-bond donors (Lipinski definition) is 2. The minimum absolute atomic E-state index is 0. The van der Waals surface area contributed by atoms with E-state index >= 15 is 0 Å². The predicted octanol–water partition coefficient (Wildman–Crippen LogP) is 1.75. The Balaban J connectivity index is 0.00000364. The molecule has 0 aromatic heterocycles. The summed E-state index contributed by atoms with van der Waals surface area (Å²) in [6.07, 6.45) is 2.19. The van der Waals surface area contributed by atoms with Crippen LogP contribution in [0.15, 0.2) is 23.2 Å². The third kappa shape index (κ3) is 8.29. The number of aliphatic imine (C=N–C) groups is 1. The third-order valence-corrected chi connectivity index (χ3v) is 4.01. The average Bonchev–Trinajstić information content (AvgIpc) is 3.13. The Morgan fingerprint density at radius 1 is 1.37 bits per heavy atom. The van der Waals surface area contributed by atoms with E-state index in [1.165, 1.54) is 24.1 Å². The maximum Gasteiger partial charge on any atom is 0.241 e. The molecule has 1 saturated heterocycles. The zero-order chi connectivity index (χ0) is 18.9. The highest BCUT2D eigenvalue weighted by Crippen LogP contribution is 2.16. The number of likely N-dealkylation sites (N-methyl/N-ethyl adjacent to an activating group) is 1. The number of hydrogen-bond acceptors (Lipinski definition) is 4. The summed E-state index contributed by atoms with van der Waals surface area (Å²) in [6.45, 7) is 1.75. The Morgan fingerprint density at radius 2 is 2.15 bits per heavy atom. The molecule has 1 heterocycles. The summed E-state index contributed by atoms with van der Waals surface area (Å²) in [7, 11) is 4.88. The molecule has 1 unspecified atom stereocenters. The summed E-state index contributed by atoms with van der Waals surface area (Å²) >= 11 is 0. The highest BCUT2D eigenvalue weighted by atomic mass is 127. The summed E-state index contributed by atoms with van der Waals surface area (Å²) < 4.78 is 24.3. The quantitative estimate of drug-likeness (QED) is 0.344. The van der Waals surface area contributed by atoms with Crippen molar-refractivity contribution in [3.63, 3.8) is 0 Å². The summed E-state index contributed by atoms with van der Waals surface area (Å²) in [6, 6.07) is 4.46. The van der Waals surface area contributed by atoms with Crippen molar-refractivity contribution in [3.8, 4) is 5.75 Å². The normalized spacial score (nSPS) is 16.4. The lowest BCUT2D eigenvalue weighted by Crippen LogP contribution is -2.45. The van der Waals surface area contributed by atoms with Gasteiger partial charge in [0.25, 0.3) is 0 Å². The van der Waals surface area contributed by atoms with Crippen molar-refractivity contribution >= 4 is 35.8 Å². The van der Waals surface area contributed by atoms with Gasteiger partial charge in [0.05, 0.1) is 26.3 Å². The molecule has 0 saturated carbocycles. The Hall–Kier alpha value is -1.62. The maximum absolute atomic E-state index is 13.6. The summed E-state index contributed by atoms with van der Waals surface area (Å²) in [4.78, 5) is 17.8. The van der Waals surface area contributed by atoms with Gasteiger partial charge in [0.15, 0.2) is 5.96 Å². The lowest BCUT2D eigenvalue weighted by Gasteiger charge is -2.17. The third-order valence-electron chi connectivity index (χ3n) is 4.01. The molecule has 9 heteroatoms. The number of guanidine groups is 1. The van der Waals surface area contributed by atoms with E-state index in [1.54, 1.807) is 20.2 Å². The van der Waals surface area contributed by atoms with Gasteiger partial charge >= 0.3 is 0 Å². The van der Waals surface area contributed by atoms with E-state index in [9.17, 15) is 9.18 Å². The van der Waals surface area contributed by atoms with Gasteiger partial charge in [-0.2, -0.15) is 0 Å². The van der Waals surface area contributed by atoms with Gasteiger partial charge < -0.3 is 25.0 Å². The van der Waals surface area contributed by atoms with E-state index < -0.39 is 0 Å². The highest BCUT2D eigenvalue weighted by Gasteiger charge is 2.16. The topological polar surface area (TPSA) is 75.2 Å². The van der Waals surface area contributed by atoms with Crippen molar-refractivity contribution < 1.29 is 18.7 Å². The second kappa shape index (κ2) is 12.0. The fourth-order valence-electron chi connectivity index (χ4n) is 2.51. The molecule has 0 bridgehead atoms. The Morgan fingerprint density at radius 3 is 2.78 bits per heavy atom. The molecular weight excluding hydrogens is 466 g/mol. The summed E-state index contributed by atoms with van der Waals surface area (Å²) in [5, 5.41) is 6.19. The van der Waals surface area contributed by atoms with Crippen molar-refractivity contribution in [1.29, 1.82) is 0 Å². The number of carbonyl (C=O) groups is 1. The number of halogens is 2. The average molecular weight is 494 g/mol. The first kappa shape index (κ1) is 23.4. The van der Waals surface area contributed by atoms with E-state index in [0.29, 0.717) is 23.8 Å². The van der Waals surface area contributed by atoms with Crippen LogP contribution in [0.25, 0.3) is 0 Å².